The van der Waals surface area contributed by atoms with E-state index in [2.05, 4.69) is 22.1 Å². The second-order valence-electron chi connectivity index (χ2n) is 5.10. The van der Waals surface area contributed by atoms with Crippen LogP contribution in [0.5, 0.6) is 0 Å². The lowest BCUT2D eigenvalue weighted by Gasteiger charge is -2.40. The number of aliphatic hydroxyl groups excluding tert-OH is 1. The monoisotopic (exact) mass is 288 g/mol. The van der Waals surface area contributed by atoms with Crippen molar-refractivity contribution in [1.82, 2.24) is 10.3 Å². The number of hydrogen-bond acceptors (Lipinski definition) is 4. The summed E-state index contributed by atoms with van der Waals surface area (Å²) in [6.45, 7) is 0.494. The van der Waals surface area contributed by atoms with Crippen molar-refractivity contribution in [3.63, 3.8) is 0 Å². The standard InChI is InChI=1S/C16H20N2O3/c1-21-16(8-5-9-16)12-18-15(20)14-13(6-2-3-11-19)7-4-10-17-14/h4,7,10,19H,3,5,8-9,11-12H2,1H3,(H,18,20). The van der Waals surface area contributed by atoms with Gasteiger partial charge in [-0.3, -0.25) is 4.79 Å². The van der Waals surface area contributed by atoms with E-state index >= 15 is 0 Å². The fourth-order valence-corrected chi connectivity index (χ4v) is 2.25. The van der Waals surface area contributed by atoms with E-state index in [-0.39, 0.29) is 18.1 Å². The molecule has 1 aliphatic carbocycles. The molecule has 1 aromatic rings. The number of hydrogen-bond donors (Lipinski definition) is 2. The zero-order valence-electron chi connectivity index (χ0n) is 12.2. The van der Waals surface area contributed by atoms with E-state index in [1.54, 1.807) is 25.4 Å². The lowest BCUT2D eigenvalue weighted by Crippen LogP contribution is -2.49. The molecule has 0 aliphatic heterocycles. The van der Waals surface area contributed by atoms with Gasteiger partial charge in [0.15, 0.2) is 0 Å². The van der Waals surface area contributed by atoms with Crippen molar-refractivity contribution in [2.24, 2.45) is 0 Å². The molecule has 0 unspecified atom stereocenters. The second kappa shape index (κ2) is 7.21. The van der Waals surface area contributed by atoms with Crippen molar-refractivity contribution < 1.29 is 14.6 Å². The summed E-state index contributed by atoms with van der Waals surface area (Å²) in [7, 11) is 1.68. The zero-order valence-corrected chi connectivity index (χ0v) is 12.2. The molecule has 1 aromatic heterocycles. The topological polar surface area (TPSA) is 71.5 Å². The number of rotatable bonds is 5. The third-order valence-corrected chi connectivity index (χ3v) is 3.75. The first-order valence-corrected chi connectivity index (χ1v) is 7.09. The van der Waals surface area contributed by atoms with Crippen LogP contribution in [-0.2, 0) is 4.74 Å². The van der Waals surface area contributed by atoms with Gasteiger partial charge < -0.3 is 15.2 Å². The van der Waals surface area contributed by atoms with Crippen LogP contribution in [0.1, 0.15) is 41.7 Å². The van der Waals surface area contributed by atoms with Crippen molar-refractivity contribution in [3.8, 4) is 11.8 Å². The van der Waals surface area contributed by atoms with E-state index in [4.69, 9.17) is 9.84 Å². The minimum Gasteiger partial charge on any atom is -0.395 e. The predicted octanol–water partition coefficient (Wildman–Crippen LogP) is 1.11. The van der Waals surface area contributed by atoms with Gasteiger partial charge in [0.2, 0.25) is 0 Å². The Kier molecular flexibility index (Phi) is 5.32. The van der Waals surface area contributed by atoms with Gasteiger partial charge in [0.25, 0.3) is 5.91 Å². The molecule has 0 radical (unpaired) electrons. The van der Waals surface area contributed by atoms with E-state index < -0.39 is 0 Å². The summed E-state index contributed by atoms with van der Waals surface area (Å²) in [4.78, 5) is 16.4. The van der Waals surface area contributed by atoms with E-state index in [0.717, 1.165) is 19.3 Å². The van der Waals surface area contributed by atoms with Crippen molar-refractivity contribution in [2.45, 2.75) is 31.3 Å². The highest BCUT2D eigenvalue weighted by Crippen LogP contribution is 2.34. The maximum absolute atomic E-state index is 12.3. The Morgan fingerprint density at radius 3 is 3.00 bits per heavy atom. The van der Waals surface area contributed by atoms with Gasteiger partial charge in [-0.05, 0) is 31.4 Å². The number of amides is 1. The zero-order chi connectivity index (χ0) is 15.1. The summed E-state index contributed by atoms with van der Waals surface area (Å²) in [5, 5.41) is 11.6. The number of pyridine rings is 1. The SMILES string of the molecule is COC1(CNC(=O)c2ncccc2C#CCCO)CCC1. The maximum atomic E-state index is 12.3. The number of methoxy groups -OCH3 is 1. The number of aliphatic hydroxyl groups is 1. The molecule has 5 heteroatoms. The lowest BCUT2D eigenvalue weighted by atomic mass is 9.80. The Morgan fingerprint density at radius 2 is 2.38 bits per heavy atom. The Labute approximate surface area is 124 Å². The van der Waals surface area contributed by atoms with Gasteiger partial charge in [0.1, 0.15) is 5.69 Å². The summed E-state index contributed by atoms with van der Waals surface area (Å²) < 4.78 is 5.48. The first-order chi connectivity index (χ1) is 10.2. The van der Waals surface area contributed by atoms with Crippen molar-refractivity contribution in [2.75, 3.05) is 20.3 Å². The fraction of sp³-hybridized carbons (Fsp3) is 0.500. The average Bonchev–Trinajstić information content (AvgIpc) is 2.47. The van der Waals surface area contributed by atoms with E-state index in [1.807, 2.05) is 0 Å². The van der Waals surface area contributed by atoms with E-state index in [0.29, 0.717) is 24.2 Å². The van der Waals surface area contributed by atoms with Gasteiger partial charge in [-0.2, -0.15) is 0 Å². The van der Waals surface area contributed by atoms with Crippen LogP contribution in [0.4, 0.5) is 0 Å². The molecule has 1 amide bonds. The summed E-state index contributed by atoms with van der Waals surface area (Å²) in [5.74, 6) is 5.43. The Hall–Kier alpha value is -1.90. The lowest BCUT2D eigenvalue weighted by molar-refractivity contribution is -0.0679. The molecule has 2 N–H and O–H groups in total. The molecule has 0 atom stereocenters. The van der Waals surface area contributed by atoms with Crippen molar-refractivity contribution in [1.29, 1.82) is 0 Å². The number of carbonyl (C=O) groups excluding carboxylic acids is 1. The quantitative estimate of drug-likeness (QED) is 0.796. The van der Waals surface area contributed by atoms with Gasteiger partial charge >= 0.3 is 0 Å². The number of nitrogens with zero attached hydrogens (tertiary/aromatic N) is 1. The maximum Gasteiger partial charge on any atom is 0.271 e. The van der Waals surface area contributed by atoms with Crippen molar-refractivity contribution in [3.05, 3.63) is 29.6 Å². The summed E-state index contributed by atoms with van der Waals surface area (Å²) in [5.41, 5.74) is 0.671. The minimum absolute atomic E-state index is 0.00511. The number of carbonyl (C=O) groups is 1. The molecule has 0 saturated heterocycles. The number of nitrogens with one attached hydrogen (secondary N) is 1. The molecule has 1 saturated carbocycles. The molecule has 2 rings (SSSR count). The van der Waals surface area contributed by atoms with Crippen LogP contribution in [0.15, 0.2) is 18.3 Å². The van der Waals surface area contributed by atoms with Crippen molar-refractivity contribution >= 4 is 5.91 Å². The summed E-state index contributed by atoms with van der Waals surface area (Å²) in [6, 6.07) is 3.49. The number of ether oxygens (including phenoxy) is 1. The molecular formula is C16H20N2O3. The Morgan fingerprint density at radius 1 is 1.57 bits per heavy atom. The predicted molar refractivity (Wildman–Crippen MR) is 78.7 cm³/mol. The van der Waals surface area contributed by atoms with E-state index in [1.165, 1.54) is 0 Å². The molecule has 0 bridgehead atoms. The smallest absolute Gasteiger partial charge is 0.271 e. The van der Waals surface area contributed by atoms with Gasteiger partial charge in [-0.1, -0.05) is 11.8 Å². The molecule has 0 spiro atoms. The molecule has 1 heterocycles. The van der Waals surface area contributed by atoms with E-state index in [9.17, 15) is 4.79 Å². The first kappa shape index (κ1) is 15.5. The molecular weight excluding hydrogens is 268 g/mol. The molecule has 0 aromatic carbocycles. The van der Waals surface area contributed by atoms with Crippen LogP contribution in [0.25, 0.3) is 0 Å². The highest BCUT2D eigenvalue weighted by molar-refractivity contribution is 5.94. The van der Waals surface area contributed by atoms with Crippen LogP contribution >= 0.6 is 0 Å². The largest absolute Gasteiger partial charge is 0.395 e. The first-order valence-electron chi connectivity index (χ1n) is 7.09. The van der Waals surface area contributed by atoms with Crippen LogP contribution < -0.4 is 5.32 Å². The van der Waals surface area contributed by atoms with Crippen LogP contribution in [0, 0.1) is 11.8 Å². The Bertz CT molecular complexity index is 551. The highest BCUT2D eigenvalue weighted by Gasteiger charge is 2.37. The van der Waals surface area contributed by atoms with Gasteiger partial charge in [0, 0.05) is 26.3 Å². The van der Waals surface area contributed by atoms with Crippen LogP contribution in [0.2, 0.25) is 0 Å². The molecule has 1 aliphatic rings. The average molecular weight is 288 g/mol. The van der Waals surface area contributed by atoms with Crippen LogP contribution in [0.3, 0.4) is 0 Å². The molecule has 1 fully saturated rings. The van der Waals surface area contributed by atoms with Crippen LogP contribution in [-0.4, -0.2) is 41.9 Å². The van der Waals surface area contributed by atoms with Gasteiger partial charge in [-0.15, -0.1) is 0 Å². The molecule has 112 valence electrons. The summed E-state index contributed by atoms with van der Waals surface area (Å²) >= 11 is 0. The minimum atomic E-state index is -0.243. The summed E-state index contributed by atoms with van der Waals surface area (Å²) in [6.07, 6.45) is 5.01. The third-order valence-electron chi connectivity index (χ3n) is 3.75. The molecule has 21 heavy (non-hydrogen) atoms. The van der Waals surface area contributed by atoms with Gasteiger partial charge in [-0.25, -0.2) is 4.98 Å². The Balaban J connectivity index is 2.04. The normalized spacial score (nSPS) is 15.5. The third kappa shape index (κ3) is 3.81. The van der Waals surface area contributed by atoms with Gasteiger partial charge in [0.05, 0.1) is 17.8 Å². The fourth-order valence-electron chi connectivity index (χ4n) is 2.25. The second-order valence-corrected chi connectivity index (χ2v) is 5.10. The number of aromatic nitrogens is 1. The molecule has 5 nitrogen and oxygen atoms in total. The highest BCUT2D eigenvalue weighted by atomic mass is 16.5.